The minimum atomic E-state index is -1.00. The number of methoxy groups -OCH3 is 2. The summed E-state index contributed by atoms with van der Waals surface area (Å²) in [6.45, 7) is 13.5. The van der Waals surface area contributed by atoms with E-state index in [1.807, 2.05) is 0 Å². The van der Waals surface area contributed by atoms with Crippen LogP contribution in [0, 0.1) is 0 Å². The number of phenolic OH excluding ortho intramolecular Hbond substituents is 1. The Morgan fingerprint density at radius 1 is 0.683 bits per heavy atom. The molecule has 4 aromatic carbocycles. The first kappa shape index (κ1) is 51.1. The molecule has 0 aliphatic rings. The molecular weight excluding hydrogens is 807 g/mol. The predicted molar refractivity (Wildman–Crippen MR) is 242 cm³/mol. The van der Waals surface area contributed by atoms with Gasteiger partial charge in [0.1, 0.15) is 29.0 Å². The lowest BCUT2D eigenvalue weighted by Crippen LogP contribution is -2.45. The summed E-state index contributed by atoms with van der Waals surface area (Å²) in [5.41, 5.74) is 12.9. The third kappa shape index (κ3) is 18.3. The van der Waals surface area contributed by atoms with Gasteiger partial charge in [0.15, 0.2) is 23.0 Å². The zero-order valence-corrected chi connectivity index (χ0v) is 38.1. The quantitative estimate of drug-likeness (QED) is 0.0304. The van der Waals surface area contributed by atoms with Crippen LogP contribution in [0.1, 0.15) is 112 Å². The van der Waals surface area contributed by atoms with Crippen LogP contribution in [-0.2, 0) is 31.9 Å². The van der Waals surface area contributed by atoms with Gasteiger partial charge < -0.3 is 50.3 Å². The van der Waals surface area contributed by atoms with Crippen LogP contribution in [0.4, 0.5) is 5.69 Å². The molecule has 4 aromatic rings. The largest absolute Gasteiger partial charge is 0.504 e. The van der Waals surface area contributed by atoms with E-state index in [1.54, 1.807) is 114 Å². The zero-order chi connectivity index (χ0) is 46.7. The van der Waals surface area contributed by atoms with Gasteiger partial charge in [-0.3, -0.25) is 9.59 Å². The van der Waals surface area contributed by atoms with Gasteiger partial charge in [-0.25, -0.2) is 9.59 Å². The summed E-state index contributed by atoms with van der Waals surface area (Å²) in [6, 6.07) is 21.3. The van der Waals surface area contributed by atoms with Gasteiger partial charge in [-0.1, -0.05) is 50.8 Å². The van der Waals surface area contributed by atoms with Crippen LogP contribution < -0.4 is 35.7 Å². The summed E-state index contributed by atoms with van der Waals surface area (Å²) >= 11 is 0. The summed E-state index contributed by atoms with van der Waals surface area (Å²) in [7, 11) is 2.92. The van der Waals surface area contributed by atoms with E-state index in [-0.39, 0.29) is 17.9 Å². The molecule has 0 saturated heterocycles. The monoisotopic (exact) mass is 871 g/mol. The molecule has 63 heavy (non-hydrogen) atoms. The Morgan fingerprint density at radius 2 is 1.29 bits per heavy atom. The number of nitrogens with one attached hydrogen (secondary N) is 1. The number of unbranched alkanes of at least 4 members (excludes halogenated alkanes) is 4. The van der Waals surface area contributed by atoms with Gasteiger partial charge in [-0.15, -0.1) is 0 Å². The first-order valence-electron chi connectivity index (χ1n) is 21.1. The Bertz CT molecular complexity index is 2110. The van der Waals surface area contributed by atoms with E-state index in [4.69, 9.17) is 39.9 Å². The molecule has 14 nitrogen and oxygen atoms in total. The highest BCUT2D eigenvalue weighted by Crippen LogP contribution is 2.30. The number of rotatable bonds is 19. The number of anilines is 1. The minimum Gasteiger partial charge on any atom is -0.504 e. The highest BCUT2D eigenvalue weighted by Gasteiger charge is 2.28. The smallest absolute Gasteiger partial charge is 0.343 e. The maximum atomic E-state index is 13.1. The molecule has 0 aliphatic carbocycles. The number of nitrogens with two attached hydrogens (primary N) is 2. The zero-order valence-electron chi connectivity index (χ0n) is 38.1. The second-order valence-corrected chi connectivity index (χ2v) is 16.9. The molecule has 0 bridgehead atoms. The van der Waals surface area contributed by atoms with E-state index < -0.39 is 47.1 Å². The van der Waals surface area contributed by atoms with Gasteiger partial charge in [-0.2, -0.15) is 0 Å². The van der Waals surface area contributed by atoms with Crippen LogP contribution in [0.15, 0.2) is 84.9 Å². The summed E-state index contributed by atoms with van der Waals surface area (Å²) in [5.74, 6) is -0.437. The number of ether oxygens (including phenoxy) is 6. The summed E-state index contributed by atoms with van der Waals surface area (Å²) < 4.78 is 32.7. The molecule has 0 radical (unpaired) electrons. The number of amides is 1. The Morgan fingerprint density at radius 3 is 1.90 bits per heavy atom. The number of esters is 3. The van der Waals surface area contributed by atoms with E-state index >= 15 is 0 Å². The molecule has 342 valence electrons. The second-order valence-electron chi connectivity index (χ2n) is 16.9. The number of hydrogen-bond acceptors (Lipinski definition) is 13. The van der Waals surface area contributed by atoms with E-state index in [0.29, 0.717) is 52.7 Å². The molecule has 6 N–H and O–H groups in total. The lowest BCUT2D eigenvalue weighted by Gasteiger charge is -2.25. The molecular formula is C49H65N3O11. The lowest BCUT2D eigenvalue weighted by molar-refractivity contribution is -0.157. The highest BCUT2D eigenvalue weighted by atomic mass is 16.6. The van der Waals surface area contributed by atoms with Crippen LogP contribution >= 0.6 is 0 Å². The molecule has 4 rings (SSSR count). The highest BCUT2D eigenvalue weighted by molar-refractivity contribution is 5.97. The van der Waals surface area contributed by atoms with Crippen molar-refractivity contribution in [2.45, 2.75) is 117 Å². The fourth-order valence-electron chi connectivity index (χ4n) is 5.95. The van der Waals surface area contributed by atoms with Crippen molar-refractivity contribution in [3.8, 4) is 28.7 Å². The summed E-state index contributed by atoms with van der Waals surface area (Å²) in [6.07, 6.45) is 6.21. The Hall–Kier alpha value is -6.28. The molecule has 0 spiro atoms. The number of hydrogen-bond donors (Lipinski definition) is 4. The van der Waals surface area contributed by atoms with Crippen molar-refractivity contribution in [2.75, 3.05) is 26.6 Å². The molecule has 2 unspecified atom stereocenters. The molecule has 2 atom stereocenters. The normalized spacial score (nSPS) is 12.1. The Balaban J connectivity index is 0.000000464. The first-order chi connectivity index (χ1) is 29.7. The Labute approximate surface area is 371 Å². The fourth-order valence-corrected chi connectivity index (χ4v) is 5.95. The van der Waals surface area contributed by atoms with Gasteiger partial charge in [0.05, 0.1) is 26.4 Å². The van der Waals surface area contributed by atoms with E-state index in [0.717, 1.165) is 18.4 Å². The maximum absolute atomic E-state index is 13.1. The standard InChI is InChI=1S/C35H44N2O7.C14H21NO4/c1-6-7-8-9-10-20-42-28-17-15-25(16-18-28)33(39)43-30-19-14-24(22-31(30)41-5)21-29(34(40)44-35(2,3)4)37-32(38)26-12-11-13-27(36)23-26;1-14(2,3)19-13(17)10(15)7-9-5-6-11(16)12(8-9)18-4/h11-19,22-23,29H,6-10,20-21,36H2,1-5H3,(H,37,38);5-6,8,10,16H,7,15H2,1-4H3. The van der Waals surface area contributed by atoms with E-state index in [9.17, 15) is 24.3 Å². The second kappa shape index (κ2) is 24.4. The van der Waals surface area contributed by atoms with Crippen LogP contribution in [-0.4, -0.2) is 73.0 Å². The van der Waals surface area contributed by atoms with Crippen molar-refractivity contribution in [1.29, 1.82) is 0 Å². The van der Waals surface area contributed by atoms with E-state index in [1.165, 1.54) is 45.6 Å². The third-order valence-corrected chi connectivity index (χ3v) is 9.03. The van der Waals surface area contributed by atoms with Crippen LogP contribution in [0.3, 0.4) is 0 Å². The first-order valence-corrected chi connectivity index (χ1v) is 21.1. The third-order valence-electron chi connectivity index (χ3n) is 9.03. The van der Waals surface area contributed by atoms with Crippen molar-refractivity contribution < 1.29 is 52.7 Å². The topological polar surface area (TPSA) is 208 Å². The van der Waals surface area contributed by atoms with E-state index in [2.05, 4.69) is 12.2 Å². The fraction of sp³-hybridized carbons (Fsp3) is 0.429. The van der Waals surface area contributed by atoms with Gasteiger partial charge in [0, 0.05) is 17.7 Å². The molecule has 1 amide bonds. The number of aromatic hydroxyl groups is 1. The van der Waals surface area contributed by atoms with Crippen molar-refractivity contribution in [2.24, 2.45) is 5.73 Å². The number of carbonyl (C=O) groups excluding carboxylic acids is 4. The number of phenols is 1. The van der Waals surface area contributed by atoms with Gasteiger partial charge in [0.2, 0.25) is 0 Å². The van der Waals surface area contributed by atoms with Crippen molar-refractivity contribution in [1.82, 2.24) is 5.32 Å². The average Bonchev–Trinajstić information content (AvgIpc) is 3.22. The van der Waals surface area contributed by atoms with Gasteiger partial charge in [0.25, 0.3) is 5.91 Å². The van der Waals surface area contributed by atoms with Crippen molar-refractivity contribution >= 4 is 29.5 Å². The minimum absolute atomic E-state index is 0.0529. The lowest BCUT2D eigenvalue weighted by atomic mass is 10.0. The SMILES string of the molecule is CCCCCCCOc1ccc(C(=O)Oc2ccc(CC(NC(=O)c3cccc(N)c3)C(=O)OC(C)(C)C)cc2OC)cc1.COc1cc(CC(N)C(=O)OC(C)(C)C)ccc1O. The molecule has 0 fully saturated rings. The number of carbonyl (C=O) groups is 4. The molecule has 0 heterocycles. The molecule has 14 heteroatoms. The van der Waals surface area contributed by atoms with Crippen molar-refractivity contribution in [3.63, 3.8) is 0 Å². The van der Waals surface area contributed by atoms with Gasteiger partial charge in [-0.05, 0) is 132 Å². The summed E-state index contributed by atoms with van der Waals surface area (Å²) in [4.78, 5) is 50.7. The number of benzene rings is 4. The number of nitrogen functional groups attached to an aromatic ring is 1. The van der Waals surface area contributed by atoms with Gasteiger partial charge >= 0.3 is 17.9 Å². The average molecular weight is 872 g/mol. The maximum Gasteiger partial charge on any atom is 0.343 e. The predicted octanol–water partition coefficient (Wildman–Crippen LogP) is 8.14. The molecule has 0 saturated carbocycles. The summed E-state index contributed by atoms with van der Waals surface area (Å²) in [5, 5.41) is 12.2. The molecule has 0 aliphatic heterocycles. The van der Waals surface area contributed by atoms with Crippen molar-refractivity contribution in [3.05, 3.63) is 107 Å². The Kier molecular flexibility index (Phi) is 19.8. The van der Waals surface area contributed by atoms with Crippen LogP contribution in [0.2, 0.25) is 0 Å². The van der Waals surface area contributed by atoms with Crippen LogP contribution in [0.25, 0.3) is 0 Å². The van der Waals surface area contributed by atoms with Crippen LogP contribution in [0.5, 0.6) is 28.7 Å². The molecule has 0 aromatic heterocycles.